The number of nitrogens with zero attached hydrogens (tertiary/aromatic N) is 1. The molecule has 0 radical (unpaired) electrons. The largest absolute Gasteiger partial charge is 0.371 e. The van der Waals surface area contributed by atoms with Gasteiger partial charge in [-0.3, -0.25) is 4.79 Å². The van der Waals surface area contributed by atoms with Crippen LogP contribution in [0.4, 0.5) is 10.5 Å². The number of urea groups is 1. The first kappa shape index (κ1) is 16.7. The van der Waals surface area contributed by atoms with Gasteiger partial charge in [0.15, 0.2) is 0 Å². The second kappa shape index (κ2) is 7.19. The summed E-state index contributed by atoms with van der Waals surface area (Å²) in [6.45, 7) is 5.01. The van der Waals surface area contributed by atoms with Crippen molar-refractivity contribution < 1.29 is 9.53 Å². The number of aryl methyl sites for hydroxylation is 1. The lowest BCUT2D eigenvalue weighted by Gasteiger charge is -2.29. The lowest BCUT2D eigenvalue weighted by molar-refractivity contribution is 0.0238. The quantitative estimate of drug-likeness (QED) is 0.893. The summed E-state index contributed by atoms with van der Waals surface area (Å²) in [6, 6.07) is 4.80. The van der Waals surface area contributed by atoms with Gasteiger partial charge in [0.25, 0.3) is 5.56 Å². The Balaban J connectivity index is 1.67. The lowest BCUT2D eigenvalue weighted by atomic mass is 10.0. The molecule has 2 aromatic heterocycles. The molecule has 2 N–H and O–H groups in total. The normalized spacial score (nSPS) is 17.8. The van der Waals surface area contributed by atoms with Gasteiger partial charge in [-0.1, -0.05) is 0 Å². The van der Waals surface area contributed by atoms with E-state index in [9.17, 15) is 9.59 Å². The van der Waals surface area contributed by atoms with Gasteiger partial charge in [0, 0.05) is 24.0 Å². The summed E-state index contributed by atoms with van der Waals surface area (Å²) in [5.41, 5.74) is 1.20. The van der Waals surface area contributed by atoms with Gasteiger partial charge in [-0.15, -0.1) is 11.3 Å². The van der Waals surface area contributed by atoms with E-state index in [0.717, 1.165) is 12.0 Å². The van der Waals surface area contributed by atoms with Crippen LogP contribution < -0.4 is 16.2 Å². The van der Waals surface area contributed by atoms with Gasteiger partial charge < -0.3 is 19.9 Å². The Morgan fingerprint density at radius 2 is 2.33 bits per heavy atom. The Hall–Kier alpha value is -2.12. The highest BCUT2D eigenvalue weighted by molar-refractivity contribution is 7.10. The molecule has 2 aromatic rings. The van der Waals surface area contributed by atoms with Crippen LogP contribution in [-0.4, -0.2) is 23.2 Å². The molecule has 0 saturated carbocycles. The van der Waals surface area contributed by atoms with E-state index in [4.69, 9.17) is 4.74 Å². The molecule has 0 bridgehead atoms. The number of hydrogen-bond donors (Lipinski definition) is 2. The molecule has 3 rings (SSSR count). The van der Waals surface area contributed by atoms with Crippen molar-refractivity contribution in [3.05, 3.63) is 50.6 Å². The van der Waals surface area contributed by atoms with Gasteiger partial charge in [-0.25, -0.2) is 4.79 Å². The first-order valence-electron chi connectivity index (χ1n) is 8.05. The summed E-state index contributed by atoms with van der Waals surface area (Å²) in [7, 11) is 0. The highest BCUT2D eigenvalue weighted by Crippen LogP contribution is 2.33. The summed E-state index contributed by atoms with van der Waals surface area (Å²) < 4.78 is 7.38. The number of carbonyl (C=O) groups excluding carboxylic acids is 1. The third kappa shape index (κ3) is 3.37. The van der Waals surface area contributed by atoms with Gasteiger partial charge in [0.05, 0.1) is 12.6 Å². The molecule has 0 spiro atoms. The van der Waals surface area contributed by atoms with Crippen molar-refractivity contribution in [3.8, 4) is 0 Å². The molecule has 0 fully saturated rings. The third-order valence-corrected chi connectivity index (χ3v) is 5.13. The van der Waals surface area contributed by atoms with Crippen molar-refractivity contribution in [2.75, 3.05) is 11.9 Å². The minimum Gasteiger partial charge on any atom is -0.371 e. The van der Waals surface area contributed by atoms with Crippen LogP contribution in [0, 0.1) is 0 Å². The lowest BCUT2D eigenvalue weighted by Crippen LogP contribution is -2.42. The summed E-state index contributed by atoms with van der Waals surface area (Å²) in [5, 5.41) is 7.56. The zero-order chi connectivity index (χ0) is 17.1. The molecule has 1 aliphatic heterocycles. The fraction of sp³-hybridized carbons (Fsp3) is 0.412. The van der Waals surface area contributed by atoms with E-state index in [2.05, 4.69) is 22.1 Å². The summed E-state index contributed by atoms with van der Waals surface area (Å²) in [4.78, 5) is 25.7. The Morgan fingerprint density at radius 3 is 3.12 bits per heavy atom. The number of ether oxygens (including phenoxy) is 1. The van der Waals surface area contributed by atoms with E-state index in [-0.39, 0.29) is 23.4 Å². The molecular formula is C17H21N3O3S. The van der Waals surface area contributed by atoms with Crippen LogP contribution in [0.1, 0.15) is 30.4 Å². The van der Waals surface area contributed by atoms with Gasteiger partial charge in [-0.2, -0.15) is 0 Å². The average Bonchev–Trinajstić information content (AvgIpc) is 3.05. The summed E-state index contributed by atoms with van der Waals surface area (Å²) >= 11 is 1.72. The molecule has 0 saturated heterocycles. The monoisotopic (exact) mass is 347 g/mol. The van der Waals surface area contributed by atoms with Crippen molar-refractivity contribution in [2.24, 2.45) is 0 Å². The van der Waals surface area contributed by atoms with Crippen molar-refractivity contribution in [2.45, 2.75) is 39.0 Å². The number of aromatic nitrogens is 1. The number of carbonyl (C=O) groups is 1. The molecule has 3 heterocycles. The first-order chi connectivity index (χ1) is 11.6. The molecule has 2 atom stereocenters. The topological polar surface area (TPSA) is 72.4 Å². The average molecular weight is 347 g/mol. The minimum absolute atomic E-state index is 0.158. The van der Waals surface area contributed by atoms with Crippen molar-refractivity contribution in [1.82, 2.24) is 9.88 Å². The van der Waals surface area contributed by atoms with Gasteiger partial charge >= 0.3 is 6.03 Å². The molecule has 6 nitrogen and oxygen atoms in total. The first-order valence-corrected chi connectivity index (χ1v) is 8.93. The van der Waals surface area contributed by atoms with Crippen molar-refractivity contribution in [1.29, 1.82) is 0 Å². The van der Waals surface area contributed by atoms with E-state index < -0.39 is 6.03 Å². The second-order valence-corrected chi connectivity index (χ2v) is 6.74. The van der Waals surface area contributed by atoms with Crippen molar-refractivity contribution in [3.63, 3.8) is 0 Å². The molecular weight excluding hydrogens is 326 g/mol. The summed E-state index contributed by atoms with van der Waals surface area (Å²) in [5.74, 6) is 0. The number of nitrogens with one attached hydrogen (secondary N) is 2. The molecule has 2 unspecified atom stereocenters. The van der Waals surface area contributed by atoms with E-state index >= 15 is 0 Å². The molecule has 1 aliphatic rings. The zero-order valence-electron chi connectivity index (χ0n) is 13.7. The standard InChI is InChI=1S/C17H21N3O3S/c1-3-20-8-4-5-13(16(20)21)19-17(22)18-11(2)15-12-7-10-24-14(12)6-9-23-15/h4-5,7-8,10-11,15H,3,6,9H2,1-2H3,(H2,18,19,22). The molecule has 2 amide bonds. The maximum Gasteiger partial charge on any atom is 0.319 e. The van der Waals surface area contributed by atoms with E-state index in [1.54, 1.807) is 34.2 Å². The molecule has 7 heteroatoms. The number of pyridine rings is 1. The fourth-order valence-corrected chi connectivity index (χ4v) is 3.81. The van der Waals surface area contributed by atoms with Crippen LogP contribution in [0.3, 0.4) is 0 Å². The smallest absolute Gasteiger partial charge is 0.319 e. The predicted octanol–water partition coefficient (Wildman–Crippen LogP) is 2.75. The number of anilines is 1. The van der Waals surface area contributed by atoms with E-state index in [1.807, 2.05) is 13.8 Å². The number of amides is 2. The zero-order valence-corrected chi connectivity index (χ0v) is 14.6. The second-order valence-electron chi connectivity index (χ2n) is 5.74. The Labute approximate surface area is 144 Å². The summed E-state index contributed by atoms with van der Waals surface area (Å²) in [6.07, 6.45) is 2.46. The third-order valence-electron chi connectivity index (χ3n) is 4.13. The number of rotatable bonds is 4. The van der Waals surface area contributed by atoms with Crippen LogP contribution in [0.15, 0.2) is 34.6 Å². The number of hydrogen-bond acceptors (Lipinski definition) is 4. The van der Waals surface area contributed by atoms with Crippen LogP contribution in [-0.2, 0) is 17.7 Å². The molecule has 24 heavy (non-hydrogen) atoms. The van der Waals surface area contributed by atoms with Gasteiger partial charge in [-0.05, 0) is 43.0 Å². The van der Waals surface area contributed by atoms with Gasteiger partial charge in [0.1, 0.15) is 11.8 Å². The SMILES string of the molecule is CCn1cccc(NC(=O)NC(C)C2OCCc3sccc32)c1=O. The molecule has 0 aromatic carbocycles. The molecule has 128 valence electrons. The number of fused-ring (bicyclic) bond motifs is 1. The van der Waals surface area contributed by atoms with E-state index in [0.29, 0.717) is 13.2 Å². The Kier molecular flexibility index (Phi) is 5.01. The predicted molar refractivity (Wildman–Crippen MR) is 94.7 cm³/mol. The van der Waals surface area contributed by atoms with Crippen molar-refractivity contribution >= 4 is 23.1 Å². The van der Waals surface area contributed by atoms with Gasteiger partial charge in [0.2, 0.25) is 0 Å². The van der Waals surface area contributed by atoms with E-state index in [1.165, 1.54) is 4.88 Å². The molecule has 0 aliphatic carbocycles. The van der Waals surface area contributed by atoms with Crippen LogP contribution in [0.25, 0.3) is 0 Å². The number of thiophene rings is 1. The highest BCUT2D eigenvalue weighted by Gasteiger charge is 2.28. The minimum atomic E-state index is -0.403. The maximum absolute atomic E-state index is 12.2. The highest BCUT2D eigenvalue weighted by atomic mass is 32.1. The Bertz CT molecular complexity index is 783. The van der Waals surface area contributed by atoms with Crippen LogP contribution in [0.2, 0.25) is 0 Å². The van der Waals surface area contributed by atoms with Crippen LogP contribution in [0.5, 0.6) is 0 Å². The fourth-order valence-electron chi connectivity index (χ4n) is 2.91. The van der Waals surface area contributed by atoms with Crippen LogP contribution >= 0.6 is 11.3 Å². The maximum atomic E-state index is 12.2. The Morgan fingerprint density at radius 1 is 1.50 bits per heavy atom.